The van der Waals surface area contributed by atoms with Gasteiger partial charge in [-0.25, -0.2) is 0 Å². The van der Waals surface area contributed by atoms with E-state index in [1.54, 1.807) is 43.6 Å². The van der Waals surface area contributed by atoms with Crippen LogP contribution in [0.5, 0.6) is 0 Å². The second-order valence-corrected chi connectivity index (χ2v) is 4.80. The van der Waals surface area contributed by atoms with Crippen molar-refractivity contribution in [3.05, 3.63) is 58.3 Å². The summed E-state index contributed by atoms with van der Waals surface area (Å²) in [5, 5.41) is 9.06. The normalized spacial score (nSPS) is 9.74. The number of rotatable bonds is 2. The number of nitriles is 1. The highest BCUT2D eigenvalue weighted by Gasteiger charge is 2.16. The average Bonchev–Trinajstić information content (AvgIpc) is 2.45. The van der Waals surface area contributed by atoms with Gasteiger partial charge in [-0.05, 0) is 34.1 Å². The van der Waals surface area contributed by atoms with Crippen LogP contribution in [0.15, 0.2) is 47.2 Å². The fourth-order valence-electron chi connectivity index (χ4n) is 1.69. The van der Waals surface area contributed by atoms with Crippen LogP contribution >= 0.6 is 15.9 Å². The second-order valence-electron chi connectivity index (χ2n) is 3.88. The number of hydrogen-bond acceptors (Lipinski definition) is 3. The number of anilines is 1. The minimum Gasteiger partial charge on any atom is -0.310 e. The Morgan fingerprint density at radius 2 is 2.11 bits per heavy atom. The van der Waals surface area contributed by atoms with Crippen molar-refractivity contribution in [2.24, 2.45) is 0 Å². The Hall–Kier alpha value is -2.19. The van der Waals surface area contributed by atoms with E-state index in [0.717, 1.165) is 4.47 Å². The van der Waals surface area contributed by atoms with Gasteiger partial charge < -0.3 is 4.90 Å². The van der Waals surface area contributed by atoms with Gasteiger partial charge in [0.15, 0.2) is 0 Å². The molecule has 19 heavy (non-hydrogen) atoms. The molecule has 0 saturated carbocycles. The van der Waals surface area contributed by atoms with E-state index in [1.807, 2.05) is 0 Å². The quantitative estimate of drug-likeness (QED) is 0.856. The van der Waals surface area contributed by atoms with Crippen LogP contribution in [0.4, 0.5) is 5.69 Å². The average molecular weight is 316 g/mol. The van der Waals surface area contributed by atoms with Crippen molar-refractivity contribution < 1.29 is 4.79 Å². The van der Waals surface area contributed by atoms with Crippen molar-refractivity contribution >= 4 is 27.5 Å². The molecule has 0 aliphatic rings. The topological polar surface area (TPSA) is 57.0 Å². The smallest absolute Gasteiger partial charge is 0.259 e. The number of pyridine rings is 1. The van der Waals surface area contributed by atoms with E-state index in [4.69, 9.17) is 5.26 Å². The Balaban J connectivity index is 2.37. The summed E-state index contributed by atoms with van der Waals surface area (Å²) in [4.78, 5) is 17.7. The lowest BCUT2D eigenvalue weighted by molar-refractivity contribution is 0.0992. The first-order valence-corrected chi connectivity index (χ1v) is 6.30. The maximum Gasteiger partial charge on any atom is 0.259 e. The Bertz CT molecular complexity index is 664. The third kappa shape index (κ3) is 2.80. The molecular weight excluding hydrogens is 306 g/mol. The molecular formula is C14H10BrN3O. The molecule has 1 heterocycles. The third-order valence-corrected chi connectivity index (χ3v) is 3.08. The third-order valence-electron chi connectivity index (χ3n) is 2.64. The molecule has 0 unspecified atom stereocenters. The van der Waals surface area contributed by atoms with E-state index in [-0.39, 0.29) is 5.91 Å². The molecule has 0 N–H and O–H groups in total. The van der Waals surface area contributed by atoms with Gasteiger partial charge in [-0.2, -0.15) is 5.26 Å². The highest BCUT2D eigenvalue weighted by Crippen LogP contribution is 2.20. The summed E-state index contributed by atoms with van der Waals surface area (Å²) in [6.45, 7) is 0. The second kappa shape index (κ2) is 5.63. The number of aromatic nitrogens is 1. The molecule has 0 atom stereocenters. The molecule has 2 rings (SSSR count). The maximum atomic E-state index is 12.3. The van der Waals surface area contributed by atoms with Crippen LogP contribution in [0, 0.1) is 11.3 Å². The van der Waals surface area contributed by atoms with Crippen LogP contribution in [0.3, 0.4) is 0 Å². The van der Waals surface area contributed by atoms with Gasteiger partial charge in [0.1, 0.15) is 6.07 Å². The zero-order valence-electron chi connectivity index (χ0n) is 10.2. The molecule has 2 aromatic rings. The van der Waals surface area contributed by atoms with Gasteiger partial charge in [-0.15, -0.1) is 0 Å². The molecule has 0 radical (unpaired) electrons. The fraction of sp³-hybridized carbons (Fsp3) is 0.0714. The molecule has 1 aromatic carbocycles. The Kier molecular flexibility index (Phi) is 3.93. The van der Waals surface area contributed by atoms with Crippen molar-refractivity contribution in [1.29, 1.82) is 5.26 Å². The van der Waals surface area contributed by atoms with Gasteiger partial charge in [0.05, 0.1) is 16.8 Å². The summed E-state index contributed by atoms with van der Waals surface area (Å²) in [5.41, 5.74) is 1.50. The summed E-state index contributed by atoms with van der Waals surface area (Å²) in [6.07, 6.45) is 3.11. The summed E-state index contributed by atoms with van der Waals surface area (Å²) in [7, 11) is 1.64. The summed E-state index contributed by atoms with van der Waals surface area (Å²) < 4.78 is 0.736. The van der Waals surface area contributed by atoms with Crippen molar-refractivity contribution in [3.8, 4) is 6.07 Å². The summed E-state index contributed by atoms with van der Waals surface area (Å²) in [5.74, 6) is -0.212. The molecule has 4 nitrogen and oxygen atoms in total. The minimum atomic E-state index is -0.212. The highest BCUT2D eigenvalue weighted by molar-refractivity contribution is 9.10. The van der Waals surface area contributed by atoms with Crippen LogP contribution in [0.2, 0.25) is 0 Å². The highest BCUT2D eigenvalue weighted by atomic mass is 79.9. The molecule has 0 aliphatic carbocycles. The number of carbonyl (C=O) groups excluding carboxylic acids is 1. The van der Waals surface area contributed by atoms with Crippen LogP contribution in [0.25, 0.3) is 0 Å². The van der Waals surface area contributed by atoms with Gasteiger partial charge >= 0.3 is 0 Å². The first-order chi connectivity index (χ1) is 9.13. The van der Waals surface area contributed by atoms with Crippen molar-refractivity contribution in [2.45, 2.75) is 0 Å². The van der Waals surface area contributed by atoms with Crippen molar-refractivity contribution in [2.75, 3.05) is 11.9 Å². The number of hydrogen-bond donors (Lipinski definition) is 0. The van der Waals surface area contributed by atoms with E-state index in [1.165, 1.54) is 11.1 Å². The first kappa shape index (κ1) is 13.2. The lowest BCUT2D eigenvalue weighted by Gasteiger charge is -2.18. The molecule has 5 heteroatoms. The summed E-state index contributed by atoms with van der Waals surface area (Å²) >= 11 is 3.28. The SMILES string of the molecule is CN(C(=O)c1cncc(Br)c1)c1ccccc1C#N. The fourth-order valence-corrected chi connectivity index (χ4v) is 2.06. The molecule has 0 saturated heterocycles. The van der Waals surface area contributed by atoms with E-state index in [2.05, 4.69) is 27.0 Å². The lowest BCUT2D eigenvalue weighted by Crippen LogP contribution is -2.27. The standard InChI is InChI=1S/C14H10BrN3O/c1-18(13-5-3-2-4-10(13)7-16)14(19)11-6-12(15)9-17-8-11/h2-6,8-9H,1H3. The lowest BCUT2D eigenvalue weighted by atomic mass is 10.1. The monoisotopic (exact) mass is 315 g/mol. The maximum absolute atomic E-state index is 12.3. The van der Waals surface area contributed by atoms with Gasteiger partial charge in [0.2, 0.25) is 0 Å². The van der Waals surface area contributed by atoms with Gasteiger partial charge in [-0.3, -0.25) is 9.78 Å². The number of para-hydroxylation sites is 1. The zero-order chi connectivity index (χ0) is 13.8. The van der Waals surface area contributed by atoms with E-state index in [9.17, 15) is 4.79 Å². The molecule has 0 bridgehead atoms. The van der Waals surface area contributed by atoms with Gasteiger partial charge in [-0.1, -0.05) is 12.1 Å². The zero-order valence-corrected chi connectivity index (χ0v) is 11.8. The first-order valence-electron chi connectivity index (χ1n) is 5.51. The minimum absolute atomic E-state index is 0.212. The predicted octanol–water partition coefficient (Wildman–Crippen LogP) is 2.99. The molecule has 1 aromatic heterocycles. The summed E-state index contributed by atoms with van der Waals surface area (Å²) in [6, 6.07) is 10.7. The number of benzene rings is 1. The molecule has 1 amide bonds. The Labute approximate surface area is 119 Å². The number of halogens is 1. The predicted molar refractivity (Wildman–Crippen MR) is 75.8 cm³/mol. The largest absolute Gasteiger partial charge is 0.310 e. The van der Waals surface area contributed by atoms with E-state index in [0.29, 0.717) is 16.8 Å². The Morgan fingerprint density at radius 3 is 2.79 bits per heavy atom. The van der Waals surface area contributed by atoms with Gasteiger partial charge in [0, 0.05) is 23.9 Å². The number of amides is 1. The van der Waals surface area contributed by atoms with Crippen LogP contribution in [-0.4, -0.2) is 17.9 Å². The van der Waals surface area contributed by atoms with Crippen LogP contribution in [0.1, 0.15) is 15.9 Å². The van der Waals surface area contributed by atoms with E-state index >= 15 is 0 Å². The van der Waals surface area contributed by atoms with E-state index < -0.39 is 0 Å². The van der Waals surface area contributed by atoms with Crippen LogP contribution in [-0.2, 0) is 0 Å². The molecule has 0 spiro atoms. The van der Waals surface area contributed by atoms with Crippen molar-refractivity contribution in [3.63, 3.8) is 0 Å². The van der Waals surface area contributed by atoms with Crippen LogP contribution < -0.4 is 4.90 Å². The molecule has 0 fully saturated rings. The Morgan fingerprint density at radius 1 is 1.37 bits per heavy atom. The number of carbonyl (C=O) groups is 1. The van der Waals surface area contributed by atoms with Crippen molar-refractivity contribution in [1.82, 2.24) is 4.98 Å². The number of nitrogens with zero attached hydrogens (tertiary/aromatic N) is 3. The molecule has 94 valence electrons. The molecule has 0 aliphatic heterocycles. The van der Waals surface area contributed by atoms with Gasteiger partial charge in [0.25, 0.3) is 5.91 Å².